The van der Waals surface area contributed by atoms with E-state index in [1.807, 2.05) is 80.7 Å². The SMILES string of the molecule is Cc1cc(C)c(-n2ccc3ncc(-c4cccnc4)n32)cc1NC(=O)c1cccc(OCCN(C)C)c1. The molecule has 0 saturated carbocycles. The van der Waals surface area contributed by atoms with Crippen molar-refractivity contribution in [3.05, 3.63) is 96.1 Å². The number of amides is 1. The molecule has 1 amide bonds. The summed E-state index contributed by atoms with van der Waals surface area (Å²) in [5.41, 5.74) is 7.03. The van der Waals surface area contributed by atoms with E-state index in [1.54, 1.807) is 18.3 Å². The van der Waals surface area contributed by atoms with Crippen LogP contribution in [0.15, 0.2) is 79.4 Å². The van der Waals surface area contributed by atoms with E-state index >= 15 is 0 Å². The predicted octanol–water partition coefficient (Wildman–Crippen LogP) is 5.00. The lowest BCUT2D eigenvalue weighted by molar-refractivity contribution is 0.102. The molecule has 0 aliphatic carbocycles. The number of carbonyl (C=O) groups excluding carboxylic acids is 1. The highest BCUT2D eigenvalue weighted by Gasteiger charge is 2.16. The first-order valence-corrected chi connectivity index (χ1v) is 12.2. The molecule has 0 saturated heterocycles. The van der Waals surface area contributed by atoms with Gasteiger partial charge in [0, 0.05) is 48.0 Å². The minimum atomic E-state index is -0.188. The van der Waals surface area contributed by atoms with Gasteiger partial charge >= 0.3 is 0 Å². The molecule has 3 heterocycles. The highest BCUT2D eigenvalue weighted by atomic mass is 16.5. The van der Waals surface area contributed by atoms with Crippen LogP contribution in [0.4, 0.5) is 5.69 Å². The third-order valence-corrected chi connectivity index (χ3v) is 6.24. The van der Waals surface area contributed by atoms with E-state index in [-0.39, 0.29) is 5.91 Å². The van der Waals surface area contributed by atoms with E-state index in [4.69, 9.17) is 4.74 Å². The first kappa shape index (κ1) is 24.3. The molecule has 8 heteroatoms. The molecule has 0 spiro atoms. The summed E-state index contributed by atoms with van der Waals surface area (Å²) in [5, 5.41) is 3.09. The van der Waals surface area contributed by atoms with Crippen molar-refractivity contribution in [3.63, 3.8) is 0 Å². The Kier molecular flexibility index (Phi) is 6.74. The van der Waals surface area contributed by atoms with Gasteiger partial charge in [0.1, 0.15) is 12.4 Å². The second-order valence-electron chi connectivity index (χ2n) is 9.30. The van der Waals surface area contributed by atoms with Gasteiger partial charge < -0.3 is 15.0 Å². The van der Waals surface area contributed by atoms with Crippen LogP contribution in [-0.4, -0.2) is 57.2 Å². The molecule has 3 aromatic heterocycles. The second kappa shape index (κ2) is 10.3. The Balaban J connectivity index is 1.45. The summed E-state index contributed by atoms with van der Waals surface area (Å²) in [7, 11) is 3.99. The number of rotatable bonds is 8. The zero-order valence-electron chi connectivity index (χ0n) is 21.5. The zero-order chi connectivity index (χ0) is 25.9. The maximum absolute atomic E-state index is 13.2. The molecular formula is C29H30N6O2. The average molecular weight is 495 g/mol. The molecule has 1 N–H and O–H groups in total. The number of aromatic nitrogens is 4. The molecule has 0 atom stereocenters. The number of hydrogen-bond donors (Lipinski definition) is 1. The fraction of sp³-hybridized carbons (Fsp3) is 0.207. The average Bonchev–Trinajstić information content (AvgIpc) is 3.49. The van der Waals surface area contributed by atoms with E-state index in [9.17, 15) is 4.79 Å². The number of fused-ring (bicyclic) bond motifs is 1. The molecule has 8 nitrogen and oxygen atoms in total. The van der Waals surface area contributed by atoms with Crippen molar-refractivity contribution in [2.45, 2.75) is 13.8 Å². The number of anilines is 1. The van der Waals surface area contributed by atoms with Crippen molar-refractivity contribution in [3.8, 4) is 22.7 Å². The Bertz CT molecular complexity index is 1550. The molecule has 2 aromatic carbocycles. The van der Waals surface area contributed by atoms with Crippen LogP contribution in [0.5, 0.6) is 5.75 Å². The summed E-state index contributed by atoms with van der Waals surface area (Å²) >= 11 is 0. The molecule has 37 heavy (non-hydrogen) atoms. The van der Waals surface area contributed by atoms with Crippen LogP contribution in [0, 0.1) is 13.8 Å². The van der Waals surface area contributed by atoms with Gasteiger partial charge in [-0.25, -0.2) is 9.50 Å². The molecule has 0 radical (unpaired) electrons. The lowest BCUT2D eigenvalue weighted by Crippen LogP contribution is -2.19. The Morgan fingerprint density at radius 2 is 1.89 bits per heavy atom. The lowest BCUT2D eigenvalue weighted by Gasteiger charge is -2.16. The van der Waals surface area contributed by atoms with Crippen molar-refractivity contribution in [1.82, 2.24) is 24.1 Å². The standard InChI is InChI=1S/C29H30N6O2/c1-20-15-21(2)26(34-12-10-28-31-19-27(35(28)34)23-8-6-11-30-18-23)17-25(20)32-29(36)22-7-5-9-24(16-22)37-14-13-33(3)4/h5-12,15-19H,13-14H2,1-4H3,(H,32,36). The Labute approximate surface area is 216 Å². The molecular weight excluding hydrogens is 464 g/mol. The van der Waals surface area contributed by atoms with E-state index in [0.29, 0.717) is 17.9 Å². The maximum atomic E-state index is 13.2. The second-order valence-corrected chi connectivity index (χ2v) is 9.30. The van der Waals surface area contributed by atoms with Crippen LogP contribution in [0.3, 0.4) is 0 Å². The van der Waals surface area contributed by atoms with Crippen LogP contribution in [0.1, 0.15) is 21.5 Å². The van der Waals surface area contributed by atoms with Crippen LogP contribution in [-0.2, 0) is 0 Å². The number of aryl methyl sites for hydroxylation is 2. The number of benzene rings is 2. The fourth-order valence-electron chi connectivity index (χ4n) is 4.29. The van der Waals surface area contributed by atoms with Gasteiger partial charge in [0.15, 0.2) is 5.65 Å². The molecule has 0 aliphatic heterocycles. The van der Waals surface area contributed by atoms with E-state index in [2.05, 4.69) is 37.7 Å². The molecule has 188 valence electrons. The number of carbonyl (C=O) groups is 1. The molecule has 0 aliphatic rings. The van der Waals surface area contributed by atoms with Crippen LogP contribution >= 0.6 is 0 Å². The zero-order valence-corrected chi connectivity index (χ0v) is 21.5. The van der Waals surface area contributed by atoms with Gasteiger partial charge in [-0.2, -0.15) is 0 Å². The van der Waals surface area contributed by atoms with Crippen molar-refractivity contribution in [2.24, 2.45) is 0 Å². The number of ether oxygens (including phenoxy) is 1. The number of likely N-dealkylation sites (N-methyl/N-ethyl adjacent to an activating group) is 1. The molecule has 5 rings (SSSR count). The topological polar surface area (TPSA) is 76.7 Å². The highest BCUT2D eigenvalue weighted by Crippen LogP contribution is 2.28. The van der Waals surface area contributed by atoms with Crippen molar-refractivity contribution in [2.75, 3.05) is 32.6 Å². The first-order valence-electron chi connectivity index (χ1n) is 12.2. The van der Waals surface area contributed by atoms with E-state index in [0.717, 1.165) is 46.0 Å². The quantitative estimate of drug-likeness (QED) is 0.329. The summed E-state index contributed by atoms with van der Waals surface area (Å²) in [6.45, 7) is 5.42. The van der Waals surface area contributed by atoms with Gasteiger partial charge in [-0.3, -0.25) is 14.5 Å². The predicted molar refractivity (Wildman–Crippen MR) is 146 cm³/mol. The largest absolute Gasteiger partial charge is 0.492 e. The third kappa shape index (κ3) is 5.10. The van der Waals surface area contributed by atoms with E-state index in [1.165, 1.54) is 0 Å². The van der Waals surface area contributed by atoms with Gasteiger partial charge in [0.25, 0.3) is 5.91 Å². The summed E-state index contributed by atoms with van der Waals surface area (Å²) in [6.07, 6.45) is 7.42. The smallest absolute Gasteiger partial charge is 0.255 e. The Morgan fingerprint density at radius 3 is 2.68 bits per heavy atom. The first-order chi connectivity index (χ1) is 17.9. The van der Waals surface area contributed by atoms with Crippen LogP contribution in [0.25, 0.3) is 22.6 Å². The van der Waals surface area contributed by atoms with Gasteiger partial charge in [0.05, 0.1) is 17.6 Å². The van der Waals surface area contributed by atoms with Crippen molar-refractivity contribution in [1.29, 1.82) is 0 Å². The van der Waals surface area contributed by atoms with Crippen molar-refractivity contribution < 1.29 is 9.53 Å². The van der Waals surface area contributed by atoms with Gasteiger partial charge in [0.2, 0.25) is 0 Å². The monoisotopic (exact) mass is 494 g/mol. The number of pyridine rings is 1. The Morgan fingerprint density at radius 1 is 1.03 bits per heavy atom. The van der Waals surface area contributed by atoms with Crippen molar-refractivity contribution >= 4 is 17.2 Å². The van der Waals surface area contributed by atoms with Crippen LogP contribution < -0.4 is 10.1 Å². The number of nitrogens with zero attached hydrogens (tertiary/aromatic N) is 5. The normalized spacial score (nSPS) is 11.3. The minimum Gasteiger partial charge on any atom is -0.492 e. The summed E-state index contributed by atoms with van der Waals surface area (Å²) in [4.78, 5) is 24.1. The van der Waals surface area contributed by atoms with Gasteiger partial charge in [-0.1, -0.05) is 12.1 Å². The number of imidazole rings is 1. The summed E-state index contributed by atoms with van der Waals surface area (Å²) in [5.74, 6) is 0.487. The fourth-order valence-corrected chi connectivity index (χ4v) is 4.29. The Hall–Kier alpha value is -4.43. The number of nitrogens with one attached hydrogen (secondary N) is 1. The highest BCUT2D eigenvalue weighted by molar-refractivity contribution is 6.05. The summed E-state index contributed by atoms with van der Waals surface area (Å²) < 4.78 is 9.91. The van der Waals surface area contributed by atoms with E-state index < -0.39 is 0 Å². The third-order valence-electron chi connectivity index (χ3n) is 6.24. The molecule has 0 unspecified atom stereocenters. The molecule has 5 aromatic rings. The number of hydrogen-bond acceptors (Lipinski definition) is 5. The van der Waals surface area contributed by atoms with Crippen LogP contribution in [0.2, 0.25) is 0 Å². The maximum Gasteiger partial charge on any atom is 0.255 e. The van der Waals surface area contributed by atoms with Gasteiger partial charge in [-0.15, -0.1) is 0 Å². The molecule has 0 bridgehead atoms. The molecule has 0 fully saturated rings. The lowest BCUT2D eigenvalue weighted by atomic mass is 10.1. The minimum absolute atomic E-state index is 0.188. The summed E-state index contributed by atoms with van der Waals surface area (Å²) in [6, 6.07) is 17.3. The van der Waals surface area contributed by atoms with Gasteiger partial charge in [-0.05, 0) is 75.5 Å².